The Morgan fingerprint density at radius 3 is 2.42 bits per heavy atom. The van der Waals surface area contributed by atoms with Crippen LogP contribution < -0.4 is 4.90 Å². The molecule has 0 N–H and O–H groups in total. The van der Waals surface area contributed by atoms with Crippen molar-refractivity contribution in [2.45, 2.75) is 13.5 Å². The van der Waals surface area contributed by atoms with Crippen molar-refractivity contribution in [3.63, 3.8) is 0 Å². The molecule has 0 atom stereocenters. The zero-order valence-corrected chi connectivity index (χ0v) is 10.6. The van der Waals surface area contributed by atoms with Gasteiger partial charge in [-0.2, -0.15) is 0 Å². The standard InChI is InChI=1S/C16H13NO2/c1-11-6-5-9-13-14(11)15(18)16(19)17(13)10-12-7-3-2-4-8-12/h2-9H,10H2,1H3. The fourth-order valence-corrected chi connectivity index (χ4v) is 2.43. The molecule has 0 spiro atoms. The fourth-order valence-electron chi connectivity index (χ4n) is 2.43. The number of benzene rings is 2. The highest BCUT2D eigenvalue weighted by molar-refractivity contribution is 6.52. The van der Waals surface area contributed by atoms with E-state index in [0.717, 1.165) is 16.8 Å². The van der Waals surface area contributed by atoms with Crippen molar-refractivity contribution in [1.82, 2.24) is 0 Å². The minimum Gasteiger partial charge on any atom is -0.300 e. The lowest BCUT2D eigenvalue weighted by Crippen LogP contribution is -2.29. The monoisotopic (exact) mass is 251 g/mol. The molecule has 2 aromatic rings. The molecule has 0 saturated carbocycles. The Morgan fingerprint density at radius 2 is 1.68 bits per heavy atom. The van der Waals surface area contributed by atoms with E-state index in [1.54, 1.807) is 4.90 Å². The zero-order valence-electron chi connectivity index (χ0n) is 10.6. The number of hydrogen-bond donors (Lipinski definition) is 0. The first-order valence-electron chi connectivity index (χ1n) is 6.18. The molecule has 0 radical (unpaired) electrons. The maximum absolute atomic E-state index is 12.1. The molecule has 0 unspecified atom stereocenters. The molecule has 1 heterocycles. The topological polar surface area (TPSA) is 37.4 Å². The van der Waals surface area contributed by atoms with Crippen LogP contribution in [0.4, 0.5) is 5.69 Å². The van der Waals surface area contributed by atoms with Gasteiger partial charge in [0.15, 0.2) is 0 Å². The first-order chi connectivity index (χ1) is 9.18. The minimum atomic E-state index is -0.437. The number of fused-ring (bicyclic) bond motifs is 1. The van der Waals surface area contributed by atoms with Crippen LogP contribution in [0.25, 0.3) is 0 Å². The Balaban J connectivity index is 2.03. The molecule has 2 aromatic carbocycles. The Bertz CT molecular complexity index is 662. The molecule has 1 aliphatic rings. The zero-order chi connectivity index (χ0) is 13.4. The van der Waals surface area contributed by atoms with E-state index >= 15 is 0 Å². The van der Waals surface area contributed by atoms with E-state index in [2.05, 4.69) is 0 Å². The van der Waals surface area contributed by atoms with Gasteiger partial charge in [-0.1, -0.05) is 42.5 Å². The molecule has 0 fully saturated rings. The maximum Gasteiger partial charge on any atom is 0.299 e. The highest BCUT2D eigenvalue weighted by Crippen LogP contribution is 2.32. The van der Waals surface area contributed by atoms with Crippen molar-refractivity contribution in [2.24, 2.45) is 0 Å². The number of anilines is 1. The number of aryl methyl sites for hydroxylation is 1. The van der Waals surface area contributed by atoms with Gasteiger partial charge in [-0.25, -0.2) is 0 Å². The third kappa shape index (κ3) is 1.83. The highest BCUT2D eigenvalue weighted by atomic mass is 16.2. The molecule has 3 heteroatoms. The molecule has 1 aliphatic heterocycles. The lowest BCUT2D eigenvalue weighted by molar-refractivity contribution is -0.114. The van der Waals surface area contributed by atoms with Crippen molar-refractivity contribution in [3.05, 3.63) is 65.2 Å². The predicted octanol–water partition coefficient (Wildman–Crippen LogP) is 2.72. The van der Waals surface area contributed by atoms with Gasteiger partial charge < -0.3 is 4.90 Å². The second kappa shape index (κ2) is 4.35. The van der Waals surface area contributed by atoms with Crippen molar-refractivity contribution in [3.8, 4) is 0 Å². The summed E-state index contributed by atoms with van der Waals surface area (Å²) in [4.78, 5) is 25.7. The largest absolute Gasteiger partial charge is 0.300 e. The van der Waals surface area contributed by atoms with Gasteiger partial charge in [0.05, 0.1) is 17.8 Å². The minimum absolute atomic E-state index is 0.399. The summed E-state index contributed by atoms with van der Waals surface area (Å²) in [5.74, 6) is -0.836. The normalized spacial score (nSPS) is 13.8. The number of hydrogen-bond acceptors (Lipinski definition) is 2. The van der Waals surface area contributed by atoms with E-state index in [1.807, 2.05) is 55.5 Å². The van der Waals surface area contributed by atoms with Crippen LogP contribution in [0.3, 0.4) is 0 Å². The molecule has 0 aliphatic carbocycles. The quantitative estimate of drug-likeness (QED) is 0.770. The lowest BCUT2D eigenvalue weighted by Gasteiger charge is -2.16. The lowest BCUT2D eigenvalue weighted by atomic mass is 10.1. The first-order valence-corrected chi connectivity index (χ1v) is 6.18. The number of rotatable bonds is 2. The summed E-state index contributed by atoms with van der Waals surface area (Å²) in [5, 5.41) is 0. The average molecular weight is 251 g/mol. The molecule has 0 bridgehead atoms. The van der Waals surface area contributed by atoms with Gasteiger partial charge in [-0.3, -0.25) is 9.59 Å². The molecular weight excluding hydrogens is 238 g/mol. The second-order valence-electron chi connectivity index (χ2n) is 4.68. The smallest absolute Gasteiger partial charge is 0.299 e. The number of carbonyl (C=O) groups excluding carboxylic acids is 2. The van der Waals surface area contributed by atoms with Crippen LogP contribution in [0.1, 0.15) is 21.5 Å². The summed E-state index contributed by atoms with van der Waals surface area (Å²) in [5.41, 5.74) is 3.13. The summed E-state index contributed by atoms with van der Waals surface area (Å²) in [6, 6.07) is 15.2. The third-order valence-corrected chi connectivity index (χ3v) is 3.39. The molecule has 94 valence electrons. The van der Waals surface area contributed by atoms with Crippen molar-refractivity contribution >= 4 is 17.4 Å². The first kappa shape index (κ1) is 11.7. The summed E-state index contributed by atoms with van der Waals surface area (Å²) in [6.07, 6.45) is 0. The fraction of sp³-hybridized carbons (Fsp3) is 0.125. The van der Waals surface area contributed by atoms with E-state index < -0.39 is 11.7 Å². The van der Waals surface area contributed by atoms with Gasteiger partial charge in [-0.15, -0.1) is 0 Å². The third-order valence-electron chi connectivity index (χ3n) is 3.39. The second-order valence-corrected chi connectivity index (χ2v) is 4.68. The molecule has 0 saturated heterocycles. The SMILES string of the molecule is Cc1cccc2c1C(=O)C(=O)N2Cc1ccccc1. The van der Waals surface area contributed by atoms with E-state index in [0.29, 0.717) is 12.1 Å². The van der Waals surface area contributed by atoms with Crippen LogP contribution in [0, 0.1) is 6.92 Å². The molecule has 3 nitrogen and oxygen atoms in total. The van der Waals surface area contributed by atoms with Gasteiger partial charge in [0, 0.05) is 0 Å². The molecule has 19 heavy (non-hydrogen) atoms. The van der Waals surface area contributed by atoms with Gasteiger partial charge >= 0.3 is 0 Å². The van der Waals surface area contributed by atoms with E-state index in [4.69, 9.17) is 0 Å². The molecular formula is C16H13NO2. The Kier molecular flexibility index (Phi) is 2.67. The van der Waals surface area contributed by atoms with Gasteiger partial charge in [0.25, 0.3) is 11.7 Å². The molecule has 0 aromatic heterocycles. The van der Waals surface area contributed by atoms with Crippen LogP contribution in [0.5, 0.6) is 0 Å². The van der Waals surface area contributed by atoms with Crippen molar-refractivity contribution in [2.75, 3.05) is 4.90 Å². The van der Waals surface area contributed by atoms with Crippen LogP contribution in [-0.2, 0) is 11.3 Å². The predicted molar refractivity (Wildman–Crippen MR) is 73.1 cm³/mol. The van der Waals surface area contributed by atoms with Crippen LogP contribution in [-0.4, -0.2) is 11.7 Å². The number of Topliss-reactive ketones (excluding diaryl/α,β-unsaturated/α-hetero) is 1. The number of nitrogens with zero attached hydrogens (tertiary/aromatic N) is 1. The van der Waals surface area contributed by atoms with Crippen molar-refractivity contribution in [1.29, 1.82) is 0 Å². The highest BCUT2D eigenvalue weighted by Gasteiger charge is 2.36. The summed E-state index contributed by atoms with van der Waals surface area (Å²) < 4.78 is 0. The van der Waals surface area contributed by atoms with Crippen molar-refractivity contribution < 1.29 is 9.59 Å². The average Bonchev–Trinajstić information content (AvgIpc) is 2.66. The Hall–Kier alpha value is -2.42. The molecule has 1 amide bonds. The van der Waals surface area contributed by atoms with Crippen LogP contribution >= 0.6 is 0 Å². The van der Waals surface area contributed by atoms with Crippen LogP contribution in [0.2, 0.25) is 0 Å². The van der Waals surface area contributed by atoms with Gasteiger partial charge in [0.1, 0.15) is 0 Å². The molecule has 3 rings (SSSR count). The summed E-state index contributed by atoms with van der Waals surface area (Å²) in [7, 11) is 0. The number of carbonyl (C=O) groups is 2. The number of ketones is 1. The van der Waals surface area contributed by atoms with Gasteiger partial charge in [-0.05, 0) is 24.1 Å². The summed E-state index contributed by atoms with van der Waals surface area (Å²) >= 11 is 0. The van der Waals surface area contributed by atoms with E-state index in [-0.39, 0.29) is 0 Å². The Morgan fingerprint density at radius 1 is 0.947 bits per heavy atom. The summed E-state index contributed by atoms with van der Waals surface area (Å²) in [6.45, 7) is 2.29. The van der Waals surface area contributed by atoms with Crippen LogP contribution in [0.15, 0.2) is 48.5 Å². The number of amides is 1. The maximum atomic E-state index is 12.1. The van der Waals surface area contributed by atoms with E-state index in [9.17, 15) is 9.59 Å². The Labute approximate surface area is 111 Å². The van der Waals surface area contributed by atoms with Gasteiger partial charge in [0.2, 0.25) is 0 Å². The van der Waals surface area contributed by atoms with E-state index in [1.165, 1.54) is 0 Å².